The van der Waals surface area contributed by atoms with Crippen LogP contribution in [0.25, 0.3) is 11.1 Å². The molecule has 0 aliphatic heterocycles. The number of benzene rings is 3. The highest BCUT2D eigenvalue weighted by Gasteiger charge is 2.11. The van der Waals surface area contributed by atoms with Crippen LogP contribution in [0.15, 0.2) is 78.9 Å². The van der Waals surface area contributed by atoms with Gasteiger partial charge in [-0.2, -0.15) is 0 Å². The largest absolute Gasteiger partial charge is 0.459 e. The van der Waals surface area contributed by atoms with Gasteiger partial charge in [0.25, 0.3) is 0 Å². The second-order valence-electron chi connectivity index (χ2n) is 7.29. The molecule has 0 saturated carbocycles. The first-order valence-electron chi connectivity index (χ1n) is 10.1. The summed E-state index contributed by atoms with van der Waals surface area (Å²) in [6, 6.07) is 25.0. The summed E-state index contributed by atoms with van der Waals surface area (Å²) in [6.07, 6.45) is 2.57. The normalized spacial score (nSPS) is 11.5. The first-order valence-corrected chi connectivity index (χ1v) is 10.1. The maximum absolute atomic E-state index is 12.1. The van der Waals surface area contributed by atoms with E-state index in [9.17, 15) is 9.59 Å². The van der Waals surface area contributed by atoms with Crippen LogP contribution in [0.5, 0.6) is 5.75 Å². The Balaban J connectivity index is 1.46. The standard InChI is InChI=1S/C26H26O4/c1-19(29-26(28)24-9-4-3-5-10-24)7-6-8-21-11-13-22(14-12-21)23-15-17-25(18-16-23)30-20(2)27/h3-5,9-19H,6-8H2,1-2H3. The van der Waals surface area contributed by atoms with Crippen LogP contribution in [0.2, 0.25) is 0 Å². The fraction of sp³-hybridized carbons (Fsp3) is 0.231. The number of ether oxygens (including phenoxy) is 2. The van der Waals surface area contributed by atoms with E-state index in [2.05, 4.69) is 24.3 Å². The molecule has 0 saturated heterocycles. The Morgan fingerprint density at radius 2 is 1.43 bits per heavy atom. The highest BCUT2D eigenvalue weighted by molar-refractivity contribution is 5.89. The van der Waals surface area contributed by atoms with Crippen LogP contribution in [0.1, 0.15) is 42.6 Å². The van der Waals surface area contributed by atoms with Crippen LogP contribution in [0.3, 0.4) is 0 Å². The molecule has 3 aromatic rings. The quantitative estimate of drug-likeness (QED) is 0.350. The lowest BCUT2D eigenvalue weighted by Crippen LogP contribution is -2.15. The molecule has 0 aliphatic rings. The van der Waals surface area contributed by atoms with Crippen molar-refractivity contribution in [3.63, 3.8) is 0 Å². The number of esters is 2. The molecule has 0 aromatic heterocycles. The number of hydrogen-bond donors (Lipinski definition) is 0. The minimum Gasteiger partial charge on any atom is -0.459 e. The molecule has 1 atom stereocenters. The van der Waals surface area contributed by atoms with E-state index < -0.39 is 0 Å². The van der Waals surface area contributed by atoms with Crippen LogP contribution in [0, 0.1) is 0 Å². The minimum absolute atomic E-state index is 0.118. The zero-order valence-electron chi connectivity index (χ0n) is 17.3. The van der Waals surface area contributed by atoms with Crippen molar-refractivity contribution in [1.29, 1.82) is 0 Å². The average molecular weight is 402 g/mol. The van der Waals surface area contributed by atoms with Gasteiger partial charge in [-0.15, -0.1) is 0 Å². The predicted octanol–water partition coefficient (Wildman–Crippen LogP) is 5.85. The summed E-state index contributed by atoms with van der Waals surface area (Å²) in [5.41, 5.74) is 4.01. The van der Waals surface area contributed by atoms with Gasteiger partial charge in [0, 0.05) is 6.92 Å². The molecule has 0 bridgehead atoms. The number of carbonyl (C=O) groups excluding carboxylic acids is 2. The van der Waals surface area contributed by atoms with Crippen molar-refractivity contribution in [1.82, 2.24) is 0 Å². The van der Waals surface area contributed by atoms with Gasteiger partial charge in [0.05, 0.1) is 11.7 Å². The van der Waals surface area contributed by atoms with Gasteiger partial charge in [-0.05, 0) is 67.1 Å². The number of rotatable bonds is 8. The highest BCUT2D eigenvalue weighted by atomic mass is 16.5. The summed E-state index contributed by atoms with van der Waals surface area (Å²) >= 11 is 0. The minimum atomic E-state index is -0.323. The maximum atomic E-state index is 12.1. The van der Waals surface area contributed by atoms with Crippen LogP contribution in [-0.2, 0) is 16.0 Å². The molecule has 0 N–H and O–H groups in total. The van der Waals surface area contributed by atoms with E-state index in [4.69, 9.17) is 9.47 Å². The second-order valence-corrected chi connectivity index (χ2v) is 7.29. The lowest BCUT2D eigenvalue weighted by Gasteiger charge is -2.13. The molecule has 154 valence electrons. The van der Waals surface area contributed by atoms with E-state index in [1.165, 1.54) is 12.5 Å². The van der Waals surface area contributed by atoms with Crippen molar-refractivity contribution in [3.05, 3.63) is 90.0 Å². The van der Waals surface area contributed by atoms with Gasteiger partial charge >= 0.3 is 11.9 Å². The molecule has 0 radical (unpaired) electrons. The van der Waals surface area contributed by atoms with Crippen molar-refractivity contribution in [3.8, 4) is 16.9 Å². The summed E-state index contributed by atoms with van der Waals surface area (Å²) in [5.74, 6) is -0.0478. The Kier molecular flexibility index (Phi) is 7.39. The van der Waals surface area contributed by atoms with E-state index in [1.807, 2.05) is 37.3 Å². The van der Waals surface area contributed by atoms with Crippen molar-refractivity contribution < 1.29 is 19.1 Å². The van der Waals surface area contributed by atoms with Crippen molar-refractivity contribution in [2.75, 3.05) is 0 Å². The van der Waals surface area contributed by atoms with Gasteiger partial charge in [-0.1, -0.05) is 54.6 Å². The fourth-order valence-electron chi connectivity index (χ4n) is 3.22. The molecule has 0 fully saturated rings. The number of aryl methyl sites for hydroxylation is 1. The topological polar surface area (TPSA) is 52.6 Å². The average Bonchev–Trinajstić information content (AvgIpc) is 2.75. The SMILES string of the molecule is CC(=O)Oc1ccc(-c2ccc(CCCC(C)OC(=O)c3ccccc3)cc2)cc1. The van der Waals surface area contributed by atoms with Gasteiger partial charge in [0.15, 0.2) is 0 Å². The fourth-order valence-corrected chi connectivity index (χ4v) is 3.22. The first-order chi connectivity index (χ1) is 14.5. The van der Waals surface area contributed by atoms with Crippen molar-refractivity contribution in [2.45, 2.75) is 39.2 Å². The van der Waals surface area contributed by atoms with E-state index >= 15 is 0 Å². The molecule has 0 heterocycles. The number of hydrogen-bond acceptors (Lipinski definition) is 4. The molecule has 3 aromatic carbocycles. The predicted molar refractivity (Wildman–Crippen MR) is 117 cm³/mol. The van der Waals surface area contributed by atoms with Crippen LogP contribution >= 0.6 is 0 Å². The van der Waals surface area contributed by atoms with Gasteiger partial charge in [0.2, 0.25) is 0 Å². The molecule has 30 heavy (non-hydrogen) atoms. The summed E-state index contributed by atoms with van der Waals surface area (Å²) in [5, 5.41) is 0. The highest BCUT2D eigenvalue weighted by Crippen LogP contribution is 2.23. The third-order valence-electron chi connectivity index (χ3n) is 4.80. The van der Waals surface area contributed by atoms with Gasteiger partial charge in [-0.25, -0.2) is 4.79 Å². The number of carbonyl (C=O) groups is 2. The Bertz CT molecular complexity index is 960. The molecular formula is C26H26O4. The van der Waals surface area contributed by atoms with Gasteiger partial charge in [0.1, 0.15) is 5.75 Å². The van der Waals surface area contributed by atoms with Crippen molar-refractivity contribution >= 4 is 11.9 Å². The maximum Gasteiger partial charge on any atom is 0.338 e. The van der Waals surface area contributed by atoms with Crippen molar-refractivity contribution in [2.24, 2.45) is 0 Å². The molecular weight excluding hydrogens is 376 g/mol. The smallest absolute Gasteiger partial charge is 0.338 e. The van der Waals surface area contributed by atoms with E-state index in [0.717, 1.165) is 30.4 Å². The lowest BCUT2D eigenvalue weighted by atomic mass is 10.0. The molecule has 4 heteroatoms. The third-order valence-corrected chi connectivity index (χ3v) is 4.80. The Hall–Kier alpha value is -3.40. The first kappa shape index (κ1) is 21.3. The summed E-state index contributed by atoms with van der Waals surface area (Å²) in [6.45, 7) is 3.32. The zero-order chi connectivity index (χ0) is 21.3. The van der Waals surface area contributed by atoms with Crippen LogP contribution < -0.4 is 4.74 Å². The summed E-state index contributed by atoms with van der Waals surface area (Å²) in [7, 11) is 0. The molecule has 0 spiro atoms. The van der Waals surface area contributed by atoms with Gasteiger partial charge < -0.3 is 9.47 Å². The zero-order valence-corrected chi connectivity index (χ0v) is 17.3. The Labute approximate surface area is 177 Å². The Morgan fingerprint density at radius 1 is 0.833 bits per heavy atom. The van der Waals surface area contributed by atoms with Crippen LogP contribution in [0.4, 0.5) is 0 Å². The summed E-state index contributed by atoms with van der Waals surface area (Å²) in [4.78, 5) is 23.1. The molecule has 0 aliphatic carbocycles. The lowest BCUT2D eigenvalue weighted by molar-refractivity contribution is -0.131. The molecule has 4 nitrogen and oxygen atoms in total. The monoisotopic (exact) mass is 402 g/mol. The molecule has 0 amide bonds. The van der Waals surface area contributed by atoms with Crippen LogP contribution in [-0.4, -0.2) is 18.0 Å². The van der Waals surface area contributed by atoms with Gasteiger partial charge in [-0.3, -0.25) is 4.79 Å². The third kappa shape index (κ3) is 6.31. The Morgan fingerprint density at radius 3 is 2.03 bits per heavy atom. The summed E-state index contributed by atoms with van der Waals surface area (Å²) < 4.78 is 10.6. The molecule has 1 unspecified atom stereocenters. The molecule has 3 rings (SSSR count). The van der Waals surface area contributed by atoms with E-state index in [0.29, 0.717) is 11.3 Å². The van der Waals surface area contributed by atoms with E-state index in [1.54, 1.807) is 24.3 Å². The second kappa shape index (κ2) is 10.4. The van der Waals surface area contributed by atoms with E-state index in [-0.39, 0.29) is 18.0 Å².